The molecule has 3 aromatic rings. The van der Waals surface area contributed by atoms with Crippen LogP contribution in [-0.4, -0.2) is 22.2 Å². The lowest BCUT2D eigenvalue weighted by molar-refractivity contribution is 0.415. The van der Waals surface area contributed by atoms with E-state index in [-0.39, 0.29) is 22.7 Å². The van der Waals surface area contributed by atoms with Crippen LogP contribution in [0.25, 0.3) is 22.6 Å². The summed E-state index contributed by atoms with van der Waals surface area (Å²) in [5.41, 5.74) is 1.06. The summed E-state index contributed by atoms with van der Waals surface area (Å²) in [7, 11) is 1.52. The first-order chi connectivity index (χ1) is 11.6. The Kier molecular flexibility index (Phi) is 4.00. The maximum atomic E-state index is 12.3. The minimum atomic E-state index is -0.347. The van der Waals surface area contributed by atoms with Crippen molar-refractivity contribution in [2.75, 3.05) is 7.11 Å². The van der Waals surface area contributed by atoms with E-state index in [1.54, 1.807) is 36.4 Å². The number of aromatic nitrogens is 2. The van der Waals surface area contributed by atoms with Crippen molar-refractivity contribution in [1.82, 2.24) is 9.97 Å². The maximum Gasteiger partial charge on any atom is 0.259 e. The minimum absolute atomic E-state index is 0.136. The van der Waals surface area contributed by atoms with Gasteiger partial charge in [0.1, 0.15) is 17.6 Å². The topological polar surface area (TPSA) is 99.0 Å². The van der Waals surface area contributed by atoms with Crippen molar-refractivity contribution in [3.05, 3.63) is 64.2 Å². The number of nitriles is 1. The number of aromatic amines is 1. The van der Waals surface area contributed by atoms with E-state index in [1.807, 2.05) is 6.07 Å². The van der Waals surface area contributed by atoms with Gasteiger partial charge in [-0.15, -0.1) is 0 Å². The molecule has 3 rings (SSSR count). The molecule has 0 aliphatic heterocycles. The monoisotopic (exact) mass is 319 g/mol. The Morgan fingerprint density at radius 2 is 2.04 bits per heavy atom. The molecule has 0 radical (unpaired) electrons. The first kappa shape index (κ1) is 15.3. The third-order valence-electron chi connectivity index (χ3n) is 3.49. The molecule has 6 heteroatoms. The molecule has 2 aromatic carbocycles. The lowest BCUT2D eigenvalue weighted by Crippen LogP contribution is -2.11. The summed E-state index contributed by atoms with van der Waals surface area (Å²) in [6.07, 6.45) is 1.59. The van der Waals surface area contributed by atoms with Gasteiger partial charge < -0.3 is 14.8 Å². The van der Waals surface area contributed by atoms with Crippen molar-refractivity contribution < 1.29 is 9.84 Å². The van der Waals surface area contributed by atoms with Crippen molar-refractivity contribution in [2.45, 2.75) is 0 Å². The second-order valence-electron chi connectivity index (χ2n) is 5.06. The number of phenolic OH excluding ortho intramolecular Hbond substituents is 1. The molecule has 24 heavy (non-hydrogen) atoms. The van der Waals surface area contributed by atoms with Crippen LogP contribution in [0.15, 0.2) is 47.3 Å². The number of ether oxygens (including phenoxy) is 1. The van der Waals surface area contributed by atoms with Crippen LogP contribution in [0.1, 0.15) is 11.4 Å². The Hall–Kier alpha value is -3.59. The standard InChI is InChI=1S/C18H13N3O3/c1-24-14-6-7-16-15(9-14)18(23)21-17(20-16)12(10-19)8-11-2-4-13(22)5-3-11/h2-9,22H,1H3,(H,20,21,23). The summed E-state index contributed by atoms with van der Waals surface area (Å²) in [6.45, 7) is 0. The quantitative estimate of drug-likeness (QED) is 0.723. The molecule has 2 N–H and O–H groups in total. The van der Waals surface area contributed by atoms with Gasteiger partial charge in [0, 0.05) is 0 Å². The summed E-state index contributed by atoms with van der Waals surface area (Å²) in [5, 5.41) is 19.1. The lowest BCUT2D eigenvalue weighted by Gasteiger charge is -2.04. The van der Waals surface area contributed by atoms with Gasteiger partial charge in [-0.25, -0.2) is 4.98 Å². The zero-order valence-corrected chi connectivity index (χ0v) is 12.8. The van der Waals surface area contributed by atoms with Crippen LogP contribution in [0.4, 0.5) is 0 Å². The summed E-state index contributed by atoms with van der Waals surface area (Å²) >= 11 is 0. The Bertz CT molecular complexity index is 1030. The maximum absolute atomic E-state index is 12.3. The molecule has 118 valence electrons. The number of phenols is 1. The highest BCUT2D eigenvalue weighted by Crippen LogP contribution is 2.20. The molecule has 0 aliphatic rings. The largest absolute Gasteiger partial charge is 0.508 e. The number of nitrogens with one attached hydrogen (secondary N) is 1. The van der Waals surface area contributed by atoms with E-state index in [9.17, 15) is 15.2 Å². The van der Waals surface area contributed by atoms with E-state index in [0.29, 0.717) is 22.2 Å². The van der Waals surface area contributed by atoms with Gasteiger partial charge in [-0.3, -0.25) is 4.79 Å². The number of hydrogen-bond donors (Lipinski definition) is 2. The molecule has 0 aliphatic carbocycles. The zero-order valence-electron chi connectivity index (χ0n) is 12.8. The van der Waals surface area contributed by atoms with Crippen LogP contribution in [0, 0.1) is 11.3 Å². The highest BCUT2D eigenvalue weighted by atomic mass is 16.5. The number of nitrogens with zero attached hydrogens (tertiary/aromatic N) is 2. The summed E-state index contributed by atoms with van der Waals surface area (Å²) in [5.74, 6) is 0.882. The number of H-pyrrole nitrogens is 1. The van der Waals surface area contributed by atoms with Crippen LogP contribution in [0.2, 0.25) is 0 Å². The first-order valence-corrected chi connectivity index (χ1v) is 7.10. The number of rotatable bonds is 3. The smallest absolute Gasteiger partial charge is 0.259 e. The first-order valence-electron chi connectivity index (χ1n) is 7.10. The second kappa shape index (κ2) is 6.26. The molecule has 0 saturated heterocycles. The molecular weight excluding hydrogens is 306 g/mol. The number of hydrogen-bond acceptors (Lipinski definition) is 5. The Labute approximate surface area is 137 Å². The number of methoxy groups -OCH3 is 1. The van der Waals surface area contributed by atoms with Crippen molar-refractivity contribution in [2.24, 2.45) is 0 Å². The Morgan fingerprint density at radius 1 is 1.29 bits per heavy atom. The van der Waals surface area contributed by atoms with E-state index in [4.69, 9.17) is 4.74 Å². The van der Waals surface area contributed by atoms with E-state index >= 15 is 0 Å². The molecule has 0 bridgehead atoms. The molecule has 0 saturated carbocycles. The molecule has 1 heterocycles. The molecule has 1 aromatic heterocycles. The number of benzene rings is 2. The van der Waals surface area contributed by atoms with Crippen LogP contribution in [0.3, 0.4) is 0 Å². The van der Waals surface area contributed by atoms with Crippen LogP contribution < -0.4 is 10.3 Å². The molecule has 0 unspecified atom stereocenters. The fraction of sp³-hybridized carbons (Fsp3) is 0.0556. The van der Waals surface area contributed by atoms with E-state index in [1.165, 1.54) is 19.2 Å². The molecule has 0 fully saturated rings. The molecule has 0 spiro atoms. The fourth-order valence-corrected chi connectivity index (χ4v) is 2.26. The third-order valence-corrected chi connectivity index (χ3v) is 3.49. The SMILES string of the molecule is COc1ccc2nc(C(C#N)=Cc3ccc(O)cc3)[nH]c(=O)c2c1. The van der Waals surface area contributed by atoms with Crippen molar-refractivity contribution in [3.63, 3.8) is 0 Å². The molecule has 0 atom stereocenters. The van der Waals surface area contributed by atoms with Gasteiger partial charge in [0.05, 0.1) is 23.6 Å². The van der Waals surface area contributed by atoms with Gasteiger partial charge in [-0.1, -0.05) is 12.1 Å². The number of fused-ring (bicyclic) bond motifs is 1. The molecule has 6 nitrogen and oxygen atoms in total. The highest BCUT2D eigenvalue weighted by molar-refractivity contribution is 5.89. The predicted molar refractivity (Wildman–Crippen MR) is 90.5 cm³/mol. The van der Waals surface area contributed by atoms with Gasteiger partial charge in [0.2, 0.25) is 0 Å². The minimum Gasteiger partial charge on any atom is -0.508 e. The summed E-state index contributed by atoms with van der Waals surface area (Å²) in [4.78, 5) is 19.2. The van der Waals surface area contributed by atoms with E-state index < -0.39 is 0 Å². The second-order valence-corrected chi connectivity index (χ2v) is 5.06. The van der Waals surface area contributed by atoms with Gasteiger partial charge in [0.25, 0.3) is 5.56 Å². The number of aromatic hydroxyl groups is 1. The van der Waals surface area contributed by atoms with Crippen LogP contribution >= 0.6 is 0 Å². The zero-order chi connectivity index (χ0) is 17.1. The van der Waals surface area contributed by atoms with Gasteiger partial charge >= 0.3 is 0 Å². The Morgan fingerprint density at radius 3 is 2.71 bits per heavy atom. The normalized spacial score (nSPS) is 11.2. The summed E-state index contributed by atoms with van der Waals surface area (Å²) < 4.78 is 5.10. The van der Waals surface area contributed by atoms with Crippen LogP contribution in [0.5, 0.6) is 11.5 Å². The highest BCUT2D eigenvalue weighted by Gasteiger charge is 2.09. The van der Waals surface area contributed by atoms with E-state index in [0.717, 1.165) is 0 Å². The van der Waals surface area contributed by atoms with Crippen molar-refractivity contribution in [1.29, 1.82) is 5.26 Å². The average molecular weight is 319 g/mol. The van der Waals surface area contributed by atoms with Gasteiger partial charge in [-0.2, -0.15) is 5.26 Å². The molecular formula is C18H13N3O3. The lowest BCUT2D eigenvalue weighted by atomic mass is 10.1. The third kappa shape index (κ3) is 2.96. The van der Waals surface area contributed by atoms with Crippen molar-refractivity contribution >= 4 is 22.6 Å². The van der Waals surface area contributed by atoms with Gasteiger partial charge in [0.15, 0.2) is 5.82 Å². The van der Waals surface area contributed by atoms with E-state index in [2.05, 4.69) is 9.97 Å². The van der Waals surface area contributed by atoms with Crippen molar-refractivity contribution in [3.8, 4) is 17.6 Å². The van der Waals surface area contributed by atoms with Gasteiger partial charge in [-0.05, 0) is 42.0 Å². The van der Waals surface area contributed by atoms with Crippen LogP contribution in [-0.2, 0) is 0 Å². The predicted octanol–water partition coefficient (Wildman–Crippen LogP) is 2.70. The average Bonchev–Trinajstić information content (AvgIpc) is 2.61. The number of allylic oxidation sites excluding steroid dienone is 1. The fourth-order valence-electron chi connectivity index (χ4n) is 2.26. The summed E-state index contributed by atoms with van der Waals surface area (Å²) in [6, 6.07) is 13.4. The molecule has 0 amide bonds. The Balaban J connectivity index is 2.11.